The molecule has 0 fully saturated rings. The highest BCUT2D eigenvalue weighted by Gasteiger charge is 2.46. The van der Waals surface area contributed by atoms with Crippen LogP contribution in [0.4, 0.5) is 0 Å². The van der Waals surface area contributed by atoms with Crippen molar-refractivity contribution in [3.05, 3.63) is 215 Å². The Morgan fingerprint density at radius 2 is 0.966 bits per heavy atom. The smallest absolute Gasteiger partial charge is 0.238 e. The van der Waals surface area contributed by atoms with Crippen molar-refractivity contribution in [2.45, 2.75) is 18.3 Å². The van der Waals surface area contributed by atoms with Crippen LogP contribution in [0, 0.1) is 11.8 Å². The summed E-state index contributed by atoms with van der Waals surface area (Å²) in [6.45, 7) is 0. The molecule has 0 saturated carbocycles. The normalized spacial score (nSPS) is 14.6. The quantitative estimate of drug-likeness (QED) is 0.160. The van der Waals surface area contributed by atoms with E-state index in [1.807, 2.05) is 36.4 Å². The lowest BCUT2D eigenvalue weighted by atomic mass is 9.67. The van der Waals surface area contributed by atoms with E-state index in [4.69, 9.17) is 15.0 Å². The Morgan fingerprint density at radius 1 is 0.448 bits per heavy atom. The van der Waals surface area contributed by atoms with Gasteiger partial charge in [-0.25, -0.2) is 4.98 Å². The third-order valence-corrected chi connectivity index (χ3v) is 11.6. The van der Waals surface area contributed by atoms with Gasteiger partial charge in [-0.3, -0.25) is 4.57 Å². The fourth-order valence-electron chi connectivity index (χ4n) is 9.09. The van der Waals surface area contributed by atoms with Crippen LogP contribution in [-0.4, -0.2) is 19.5 Å². The van der Waals surface area contributed by atoms with Crippen molar-refractivity contribution in [2.24, 2.45) is 0 Å². The third-order valence-electron chi connectivity index (χ3n) is 11.6. The molecule has 0 spiro atoms. The van der Waals surface area contributed by atoms with E-state index in [9.17, 15) is 0 Å². The molecule has 0 amide bonds. The Morgan fingerprint density at radius 3 is 1.55 bits per heavy atom. The SMILES string of the molecule is C1#CC/C=c2\c(c3cc4c(cc3n2-c2nc(-c3ccccc3)nc(-c3ccccc3)n2)-c2ccc(-c3ccccc3)cc2C4(c2ccccc2)c2ccccc2)=C/C1. The molecule has 2 heterocycles. The standard InChI is InChI=1S/C54H36N4/c1-2-19-31-49-44(30-18-1)46-35-48-45(36-50(46)58(49)53-56-51(38-22-10-4-11-23-38)55-52(57-53)39-24-12-5-13-25-39)43-33-32-40(37-20-8-3-9-21-37)34-47(43)54(48,41-26-14-6-15-27-41)42-28-16-7-17-29-42/h3-17,20-36H,18-19H2/b44-30-,49-31+. The van der Waals surface area contributed by atoms with Crippen molar-refractivity contribution < 1.29 is 0 Å². The minimum Gasteiger partial charge on any atom is -0.278 e. The lowest BCUT2D eigenvalue weighted by molar-refractivity contribution is 0.770. The van der Waals surface area contributed by atoms with Gasteiger partial charge in [-0.05, 0) is 68.8 Å². The van der Waals surface area contributed by atoms with E-state index >= 15 is 0 Å². The van der Waals surface area contributed by atoms with Crippen LogP contribution in [0.1, 0.15) is 35.1 Å². The van der Waals surface area contributed by atoms with Gasteiger partial charge in [-0.1, -0.05) is 182 Å². The van der Waals surface area contributed by atoms with Gasteiger partial charge in [0.25, 0.3) is 0 Å². The predicted octanol–water partition coefficient (Wildman–Crippen LogP) is 10.5. The van der Waals surface area contributed by atoms with Crippen molar-refractivity contribution in [3.8, 4) is 62.8 Å². The van der Waals surface area contributed by atoms with Crippen molar-refractivity contribution in [2.75, 3.05) is 0 Å². The van der Waals surface area contributed by atoms with E-state index in [0.29, 0.717) is 30.4 Å². The number of benzene rings is 7. The van der Waals surface area contributed by atoms with E-state index in [1.54, 1.807) is 0 Å². The first kappa shape index (κ1) is 33.7. The Kier molecular flexibility index (Phi) is 8.05. The molecule has 58 heavy (non-hydrogen) atoms. The van der Waals surface area contributed by atoms with E-state index < -0.39 is 5.41 Å². The Hall–Kier alpha value is -7.61. The van der Waals surface area contributed by atoms with Gasteiger partial charge in [0, 0.05) is 34.6 Å². The zero-order valence-electron chi connectivity index (χ0n) is 31.7. The van der Waals surface area contributed by atoms with Gasteiger partial charge in [-0.2, -0.15) is 9.97 Å². The van der Waals surface area contributed by atoms with Crippen molar-refractivity contribution >= 4 is 23.1 Å². The van der Waals surface area contributed by atoms with Gasteiger partial charge < -0.3 is 0 Å². The summed E-state index contributed by atoms with van der Waals surface area (Å²) in [7, 11) is 0. The number of nitrogens with zero attached hydrogens (tertiary/aromatic N) is 4. The van der Waals surface area contributed by atoms with Crippen molar-refractivity contribution in [1.82, 2.24) is 19.5 Å². The van der Waals surface area contributed by atoms with Crippen LogP contribution >= 0.6 is 0 Å². The largest absolute Gasteiger partial charge is 0.278 e. The molecule has 0 bridgehead atoms. The maximum atomic E-state index is 5.26. The summed E-state index contributed by atoms with van der Waals surface area (Å²) < 4.78 is 2.25. The topological polar surface area (TPSA) is 43.6 Å². The molecular weight excluding hydrogens is 705 g/mol. The van der Waals surface area contributed by atoms with Gasteiger partial charge in [0.15, 0.2) is 11.6 Å². The first-order chi connectivity index (χ1) is 28.8. The maximum absolute atomic E-state index is 5.26. The van der Waals surface area contributed by atoms with Gasteiger partial charge in [-0.15, -0.1) is 0 Å². The minimum absolute atomic E-state index is 0.576. The van der Waals surface area contributed by atoms with Crippen LogP contribution in [0.15, 0.2) is 182 Å². The molecule has 2 aliphatic carbocycles. The van der Waals surface area contributed by atoms with Gasteiger partial charge in [0.1, 0.15) is 0 Å². The molecule has 0 radical (unpaired) electrons. The predicted molar refractivity (Wildman–Crippen MR) is 235 cm³/mol. The third kappa shape index (κ3) is 5.36. The molecule has 7 aromatic carbocycles. The van der Waals surface area contributed by atoms with E-state index in [2.05, 4.69) is 174 Å². The number of rotatable bonds is 6. The van der Waals surface area contributed by atoms with Gasteiger partial charge in [0.05, 0.1) is 16.3 Å². The second-order valence-electron chi connectivity index (χ2n) is 14.8. The first-order valence-corrected chi connectivity index (χ1v) is 19.8. The Bertz CT molecular complexity index is 3100. The molecule has 4 nitrogen and oxygen atoms in total. The monoisotopic (exact) mass is 740 g/mol. The summed E-state index contributed by atoms with van der Waals surface area (Å²) in [5, 5.41) is 3.33. The zero-order chi connectivity index (χ0) is 38.5. The number of hydrogen-bond acceptors (Lipinski definition) is 3. The molecule has 0 unspecified atom stereocenters. The molecule has 0 N–H and O–H groups in total. The van der Waals surface area contributed by atoms with Gasteiger partial charge >= 0.3 is 0 Å². The molecule has 0 aliphatic heterocycles. The maximum Gasteiger partial charge on any atom is 0.238 e. The fourth-order valence-corrected chi connectivity index (χ4v) is 9.09. The Labute approximate surface area is 337 Å². The number of fused-ring (bicyclic) bond motifs is 6. The average Bonchev–Trinajstić information content (AvgIpc) is 3.74. The van der Waals surface area contributed by atoms with Gasteiger partial charge in [0.2, 0.25) is 5.95 Å². The second kappa shape index (κ2) is 13.8. The minimum atomic E-state index is -0.583. The average molecular weight is 741 g/mol. The Balaban J connectivity index is 1.27. The van der Waals surface area contributed by atoms with Crippen molar-refractivity contribution in [1.29, 1.82) is 0 Å². The van der Waals surface area contributed by atoms with Crippen LogP contribution in [0.2, 0.25) is 0 Å². The van der Waals surface area contributed by atoms with Crippen LogP contribution in [-0.2, 0) is 5.41 Å². The number of hydrogen-bond donors (Lipinski definition) is 0. The fraction of sp³-hybridized carbons (Fsp3) is 0.0556. The summed E-state index contributed by atoms with van der Waals surface area (Å²) in [4.78, 5) is 15.6. The molecule has 0 saturated heterocycles. The summed E-state index contributed by atoms with van der Waals surface area (Å²) >= 11 is 0. The summed E-state index contributed by atoms with van der Waals surface area (Å²) in [6.07, 6.45) is 5.80. The molecular formula is C54H36N4. The molecule has 0 atom stereocenters. The highest BCUT2D eigenvalue weighted by molar-refractivity contribution is 5.97. The lowest BCUT2D eigenvalue weighted by Crippen LogP contribution is -2.30. The summed E-state index contributed by atoms with van der Waals surface area (Å²) in [5.74, 6) is 8.56. The highest BCUT2D eigenvalue weighted by Crippen LogP contribution is 2.57. The molecule has 2 aliphatic rings. The second-order valence-corrected chi connectivity index (χ2v) is 14.8. The van der Waals surface area contributed by atoms with Crippen LogP contribution in [0.25, 0.3) is 74.0 Å². The molecule has 11 rings (SSSR count). The zero-order valence-corrected chi connectivity index (χ0v) is 31.7. The van der Waals surface area contributed by atoms with Crippen LogP contribution in [0.5, 0.6) is 0 Å². The highest BCUT2D eigenvalue weighted by atomic mass is 15.2. The number of aromatic nitrogens is 4. The molecule has 272 valence electrons. The molecule has 4 heteroatoms. The van der Waals surface area contributed by atoms with E-state index in [1.165, 1.54) is 44.5 Å². The van der Waals surface area contributed by atoms with E-state index in [-0.39, 0.29) is 0 Å². The van der Waals surface area contributed by atoms with E-state index in [0.717, 1.165) is 32.6 Å². The van der Waals surface area contributed by atoms with Crippen LogP contribution in [0.3, 0.4) is 0 Å². The molecule has 2 aromatic heterocycles. The summed E-state index contributed by atoms with van der Waals surface area (Å²) in [6, 6.07) is 65.0. The lowest BCUT2D eigenvalue weighted by Gasteiger charge is -2.34. The summed E-state index contributed by atoms with van der Waals surface area (Å²) in [5.41, 5.74) is 12.1. The van der Waals surface area contributed by atoms with Crippen molar-refractivity contribution in [3.63, 3.8) is 0 Å². The van der Waals surface area contributed by atoms with Crippen LogP contribution < -0.4 is 10.6 Å². The first-order valence-electron chi connectivity index (χ1n) is 19.8. The molecule has 9 aromatic rings.